The molecule has 0 bridgehead atoms. The first-order chi connectivity index (χ1) is 25.1. The Morgan fingerprint density at radius 1 is 0.868 bits per heavy atom. The smallest absolute Gasteiger partial charge is 0.338 e. The van der Waals surface area contributed by atoms with Crippen LogP contribution in [-0.2, 0) is 27.4 Å². The number of fused-ring (bicyclic) bond motifs is 1. The molecule has 53 heavy (non-hydrogen) atoms. The highest BCUT2D eigenvalue weighted by Gasteiger charge is 2.27. The maximum Gasteiger partial charge on any atom is 0.338 e. The van der Waals surface area contributed by atoms with E-state index < -0.39 is 11.6 Å². The molecule has 1 N–H and O–H groups in total. The van der Waals surface area contributed by atoms with Crippen molar-refractivity contribution < 1.29 is 19.1 Å². The Hall–Kier alpha value is -3.88. The van der Waals surface area contributed by atoms with Gasteiger partial charge in [-0.15, -0.1) is 0 Å². The molecule has 0 saturated carbocycles. The van der Waals surface area contributed by atoms with Gasteiger partial charge in [-0.25, -0.2) is 9.80 Å². The van der Waals surface area contributed by atoms with Gasteiger partial charge in [0.25, 0.3) is 5.91 Å². The fraction of sp³-hybridized carbons (Fsp3) is 0.523. The lowest BCUT2D eigenvalue weighted by molar-refractivity contribution is -0.145. The first-order valence-electron chi connectivity index (χ1n) is 19.3. The van der Waals surface area contributed by atoms with E-state index in [1.807, 2.05) is 70.0 Å². The SMILES string of the molecule is CCC(C)c1ccc(Cl)cc1.CCCCCC.CCCNC(=O)CN(CC(=O)N(C)N1Cc2ccccc2C1)c1cc(C(=O)OC(C)(C)C)ccc1C. The van der Waals surface area contributed by atoms with Crippen LogP contribution in [0, 0.1) is 6.92 Å². The van der Waals surface area contributed by atoms with Gasteiger partial charge in [-0.2, -0.15) is 0 Å². The van der Waals surface area contributed by atoms with Crippen LogP contribution in [0.15, 0.2) is 66.7 Å². The molecule has 0 fully saturated rings. The summed E-state index contributed by atoms with van der Waals surface area (Å²) in [5.74, 6) is -0.124. The number of amides is 2. The fourth-order valence-electron chi connectivity index (χ4n) is 5.61. The van der Waals surface area contributed by atoms with Crippen LogP contribution < -0.4 is 10.2 Å². The number of carbonyl (C=O) groups excluding carboxylic acids is 3. The number of rotatable bonds is 14. The van der Waals surface area contributed by atoms with Crippen molar-refractivity contribution in [2.45, 2.75) is 125 Å². The van der Waals surface area contributed by atoms with E-state index in [9.17, 15) is 14.4 Å². The van der Waals surface area contributed by atoms with Gasteiger partial charge in [0.1, 0.15) is 5.60 Å². The zero-order valence-electron chi connectivity index (χ0n) is 34.1. The Kier molecular flexibility index (Phi) is 19.7. The highest BCUT2D eigenvalue weighted by molar-refractivity contribution is 6.30. The zero-order chi connectivity index (χ0) is 39.6. The molecule has 3 aromatic rings. The number of ether oxygens (including phenoxy) is 1. The molecule has 3 aromatic carbocycles. The summed E-state index contributed by atoms with van der Waals surface area (Å²) in [4.78, 5) is 40.5. The molecule has 0 radical (unpaired) electrons. The van der Waals surface area contributed by atoms with Crippen molar-refractivity contribution in [1.29, 1.82) is 0 Å². The number of unbranched alkanes of at least 4 members (excludes halogenated alkanes) is 3. The number of anilines is 1. The first kappa shape index (κ1) is 45.3. The van der Waals surface area contributed by atoms with Gasteiger partial charge in [-0.1, -0.05) is 114 Å². The van der Waals surface area contributed by atoms with Crippen LogP contribution in [0.25, 0.3) is 0 Å². The summed E-state index contributed by atoms with van der Waals surface area (Å²) in [6.45, 7) is 20.1. The molecule has 9 heteroatoms. The number of hydrazine groups is 1. The highest BCUT2D eigenvalue weighted by Crippen LogP contribution is 2.26. The van der Waals surface area contributed by atoms with E-state index in [1.54, 1.807) is 29.1 Å². The Balaban J connectivity index is 0.000000469. The Morgan fingerprint density at radius 3 is 1.96 bits per heavy atom. The van der Waals surface area contributed by atoms with Crippen molar-refractivity contribution >= 4 is 35.1 Å². The second-order valence-electron chi connectivity index (χ2n) is 14.8. The van der Waals surface area contributed by atoms with Crippen molar-refractivity contribution in [3.05, 3.63) is 99.6 Å². The molecular weight excluding hydrogens is 684 g/mol. The summed E-state index contributed by atoms with van der Waals surface area (Å²) >= 11 is 5.76. The summed E-state index contributed by atoms with van der Waals surface area (Å²) in [5, 5.41) is 7.32. The maximum absolute atomic E-state index is 13.4. The minimum Gasteiger partial charge on any atom is -0.456 e. The summed E-state index contributed by atoms with van der Waals surface area (Å²) in [7, 11) is 1.76. The van der Waals surface area contributed by atoms with Gasteiger partial charge in [-0.3, -0.25) is 14.6 Å². The molecule has 1 atom stereocenters. The third kappa shape index (κ3) is 15.9. The predicted octanol–water partition coefficient (Wildman–Crippen LogP) is 10.1. The van der Waals surface area contributed by atoms with Crippen LogP contribution in [0.5, 0.6) is 0 Å². The van der Waals surface area contributed by atoms with Gasteiger partial charge in [-0.05, 0) is 93.0 Å². The van der Waals surface area contributed by atoms with Crippen LogP contribution >= 0.6 is 11.6 Å². The molecule has 1 unspecified atom stereocenters. The molecule has 292 valence electrons. The number of aryl methyl sites for hydroxylation is 1. The average molecular weight is 749 g/mol. The minimum absolute atomic E-state index is 0.00157. The van der Waals surface area contributed by atoms with Crippen molar-refractivity contribution in [2.75, 3.05) is 31.6 Å². The monoisotopic (exact) mass is 748 g/mol. The number of benzene rings is 3. The maximum atomic E-state index is 13.4. The summed E-state index contributed by atoms with van der Waals surface area (Å²) < 4.78 is 5.53. The molecule has 0 aromatic heterocycles. The van der Waals surface area contributed by atoms with Crippen molar-refractivity contribution in [1.82, 2.24) is 15.3 Å². The van der Waals surface area contributed by atoms with Gasteiger partial charge in [0.2, 0.25) is 5.91 Å². The molecule has 0 aliphatic carbocycles. The van der Waals surface area contributed by atoms with Crippen LogP contribution in [-0.4, -0.2) is 60.1 Å². The normalized spacial score (nSPS) is 12.7. The largest absolute Gasteiger partial charge is 0.456 e. The molecule has 8 nitrogen and oxygen atoms in total. The zero-order valence-corrected chi connectivity index (χ0v) is 34.8. The first-order valence-corrected chi connectivity index (χ1v) is 19.7. The lowest BCUT2D eigenvalue weighted by atomic mass is 9.99. The molecule has 1 aliphatic rings. The predicted molar refractivity (Wildman–Crippen MR) is 220 cm³/mol. The highest BCUT2D eigenvalue weighted by atomic mass is 35.5. The van der Waals surface area contributed by atoms with E-state index >= 15 is 0 Å². The van der Waals surface area contributed by atoms with E-state index in [4.69, 9.17) is 16.3 Å². The molecule has 1 heterocycles. The molecule has 1 aliphatic heterocycles. The van der Waals surface area contributed by atoms with Gasteiger partial charge >= 0.3 is 5.97 Å². The topological polar surface area (TPSA) is 82.2 Å². The number of halogens is 1. The number of hydrogen-bond acceptors (Lipinski definition) is 6. The molecule has 4 rings (SSSR count). The number of nitrogens with zero attached hydrogens (tertiary/aromatic N) is 3. The van der Waals surface area contributed by atoms with Gasteiger partial charge in [0.05, 0.1) is 18.7 Å². The molecule has 2 amide bonds. The second kappa shape index (κ2) is 23.0. The average Bonchev–Trinajstić information content (AvgIpc) is 3.57. The number of hydrogen-bond donors (Lipinski definition) is 1. The number of likely N-dealkylation sites (N-methyl/N-ethyl adjacent to an activating group) is 1. The summed E-state index contributed by atoms with van der Waals surface area (Å²) in [6.07, 6.45) is 7.53. The van der Waals surface area contributed by atoms with Crippen molar-refractivity contribution in [3.63, 3.8) is 0 Å². The number of esters is 1. The Morgan fingerprint density at radius 2 is 1.45 bits per heavy atom. The third-order valence-corrected chi connectivity index (χ3v) is 9.29. The van der Waals surface area contributed by atoms with E-state index in [0.29, 0.717) is 36.8 Å². The summed E-state index contributed by atoms with van der Waals surface area (Å²) in [5.41, 5.74) is 5.03. The standard InChI is InChI=1S/C28H38N4O4.C10H13Cl.C6H14/c1-7-14-29-25(33)18-31(24-15-21(13-12-20(24)2)27(35)36-28(3,4)5)19-26(34)30(6)32-16-22-10-8-9-11-23(22)17-32;1-3-8(2)9-4-6-10(11)7-5-9;1-3-5-6-4-2/h8-13,15H,7,14,16-19H2,1-6H3,(H,29,33);4-8H,3H2,1-2H3;3-6H2,1-2H3. The van der Waals surface area contributed by atoms with Crippen LogP contribution in [0.3, 0.4) is 0 Å². The quantitative estimate of drug-likeness (QED) is 0.131. The summed E-state index contributed by atoms with van der Waals surface area (Å²) in [6, 6.07) is 21.5. The van der Waals surface area contributed by atoms with Crippen LogP contribution in [0.1, 0.15) is 132 Å². The van der Waals surface area contributed by atoms with E-state index in [0.717, 1.165) is 17.0 Å². The Bertz CT molecular complexity index is 1540. The van der Waals surface area contributed by atoms with Gasteiger partial charge in [0, 0.05) is 37.4 Å². The third-order valence-electron chi connectivity index (χ3n) is 9.03. The molecular formula is C44H65ClN4O4. The van der Waals surface area contributed by atoms with Crippen molar-refractivity contribution in [3.8, 4) is 0 Å². The lowest BCUT2D eigenvalue weighted by Gasteiger charge is -2.32. The van der Waals surface area contributed by atoms with Crippen LogP contribution in [0.2, 0.25) is 5.02 Å². The van der Waals surface area contributed by atoms with Crippen molar-refractivity contribution in [2.24, 2.45) is 0 Å². The van der Waals surface area contributed by atoms with E-state index in [2.05, 4.69) is 57.3 Å². The van der Waals surface area contributed by atoms with E-state index in [-0.39, 0.29) is 24.9 Å². The fourth-order valence-corrected chi connectivity index (χ4v) is 5.74. The molecule has 0 saturated heterocycles. The van der Waals surface area contributed by atoms with Crippen LogP contribution in [0.4, 0.5) is 5.69 Å². The second-order valence-corrected chi connectivity index (χ2v) is 15.2. The van der Waals surface area contributed by atoms with Gasteiger partial charge < -0.3 is 15.0 Å². The van der Waals surface area contributed by atoms with Gasteiger partial charge in [0.15, 0.2) is 0 Å². The Labute approximate surface area is 325 Å². The molecule has 0 spiro atoms. The van der Waals surface area contributed by atoms with E-state index in [1.165, 1.54) is 48.8 Å². The minimum atomic E-state index is -0.631. The number of nitrogens with one attached hydrogen (secondary N) is 1. The lowest BCUT2D eigenvalue weighted by Crippen LogP contribution is -2.48. The number of carbonyl (C=O) groups is 3.